The van der Waals surface area contributed by atoms with E-state index in [0.29, 0.717) is 5.92 Å². The van der Waals surface area contributed by atoms with Crippen molar-refractivity contribution < 1.29 is 5.11 Å². The van der Waals surface area contributed by atoms with Crippen LogP contribution in [0.4, 0.5) is 0 Å². The zero-order valence-corrected chi connectivity index (χ0v) is 8.87. The molecule has 0 aliphatic rings. The summed E-state index contributed by atoms with van der Waals surface area (Å²) in [6.45, 7) is 7.65. The Morgan fingerprint density at radius 1 is 1.31 bits per heavy atom. The van der Waals surface area contributed by atoms with Crippen LogP contribution in [0.25, 0.3) is 0 Å². The van der Waals surface area contributed by atoms with Crippen LogP contribution in [0.5, 0.6) is 0 Å². The number of unbranched alkanes of at least 4 members (excludes halogenated alkanes) is 2. The molecule has 0 saturated carbocycles. The normalized spacial score (nSPS) is 15.9. The SMILES string of the molecule is C=CCCC/C=C/[C@H](C)C[C@H](C)O. The minimum atomic E-state index is -0.187. The van der Waals surface area contributed by atoms with Gasteiger partial charge in [-0.25, -0.2) is 0 Å². The summed E-state index contributed by atoms with van der Waals surface area (Å²) in [5, 5.41) is 9.12. The lowest BCUT2D eigenvalue weighted by molar-refractivity contribution is 0.172. The average molecular weight is 182 g/mol. The van der Waals surface area contributed by atoms with Gasteiger partial charge in [0.1, 0.15) is 0 Å². The molecule has 0 rings (SSSR count). The largest absolute Gasteiger partial charge is 0.393 e. The first kappa shape index (κ1) is 12.4. The van der Waals surface area contributed by atoms with Gasteiger partial charge in [0.25, 0.3) is 0 Å². The van der Waals surface area contributed by atoms with E-state index in [0.717, 1.165) is 19.3 Å². The molecule has 1 N–H and O–H groups in total. The Balaban J connectivity index is 3.41. The molecule has 0 aliphatic heterocycles. The van der Waals surface area contributed by atoms with Gasteiger partial charge in [0.15, 0.2) is 0 Å². The number of hydrogen-bond acceptors (Lipinski definition) is 1. The maximum atomic E-state index is 9.12. The van der Waals surface area contributed by atoms with Gasteiger partial charge in [-0.2, -0.15) is 0 Å². The lowest BCUT2D eigenvalue weighted by Gasteiger charge is -2.07. The summed E-state index contributed by atoms with van der Waals surface area (Å²) in [7, 11) is 0. The van der Waals surface area contributed by atoms with Crippen LogP contribution in [0.3, 0.4) is 0 Å². The molecule has 1 heteroatoms. The van der Waals surface area contributed by atoms with Crippen molar-refractivity contribution in [2.24, 2.45) is 5.92 Å². The van der Waals surface area contributed by atoms with E-state index in [1.54, 1.807) is 0 Å². The van der Waals surface area contributed by atoms with Crippen LogP contribution < -0.4 is 0 Å². The Bertz CT molecular complexity index is 147. The Morgan fingerprint density at radius 2 is 2.00 bits per heavy atom. The van der Waals surface area contributed by atoms with Gasteiger partial charge in [-0.3, -0.25) is 0 Å². The first-order chi connectivity index (χ1) is 6.16. The standard InChI is InChI=1S/C12H22O/c1-4-5-6-7-8-9-11(2)10-12(3)13/h4,8-9,11-13H,1,5-7,10H2,2-3H3/b9-8+/t11-,12-/m0/s1. The minimum Gasteiger partial charge on any atom is -0.393 e. The van der Waals surface area contributed by atoms with Crippen LogP contribution in [0, 0.1) is 5.92 Å². The molecule has 1 nitrogen and oxygen atoms in total. The average Bonchev–Trinajstić information content (AvgIpc) is 2.02. The minimum absolute atomic E-state index is 0.187. The Labute approximate surface area is 82.2 Å². The lowest BCUT2D eigenvalue weighted by atomic mass is 10.0. The van der Waals surface area contributed by atoms with Gasteiger partial charge >= 0.3 is 0 Å². The number of aliphatic hydroxyl groups excluding tert-OH is 1. The molecule has 0 bridgehead atoms. The van der Waals surface area contributed by atoms with Gasteiger partial charge in [-0.1, -0.05) is 25.2 Å². The van der Waals surface area contributed by atoms with Crippen molar-refractivity contribution in [2.75, 3.05) is 0 Å². The van der Waals surface area contributed by atoms with Crippen LogP contribution in [0.1, 0.15) is 39.5 Å². The zero-order valence-electron chi connectivity index (χ0n) is 8.87. The fourth-order valence-corrected chi connectivity index (χ4v) is 1.33. The molecule has 76 valence electrons. The highest BCUT2D eigenvalue weighted by Crippen LogP contribution is 2.08. The van der Waals surface area contributed by atoms with Gasteiger partial charge in [0.2, 0.25) is 0 Å². The number of aliphatic hydroxyl groups is 1. The maximum absolute atomic E-state index is 9.12. The fraction of sp³-hybridized carbons (Fsp3) is 0.667. The van der Waals surface area contributed by atoms with Gasteiger partial charge in [0.05, 0.1) is 6.10 Å². The van der Waals surface area contributed by atoms with Crippen molar-refractivity contribution in [1.82, 2.24) is 0 Å². The first-order valence-electron chi connectivity index (χ1n) is 5.12. The van der Waals surface area contributed by atoms with Crippen molar-refractivity contribution in [3.05, 3.63) is 24.8 Å². The summed E-state index contributed by atoms with van der Waals surface area (Å²) in [5.74, 6) is 0.490. The molecule has 0 amide bonds. The van der Waals surface area contributed by atoms with E-state index in [2.05, 4.69) is 25.7 Å². The van der Waals surface area contributed by atoms with Crippen molar-refractivity contribution in [2.45, 2.75) is 45.6 Å². The molecule has 0 radical (unpaired) electrons. The molecule has 0 spiro atoms. The summed E-state index contributed by atoms with van der Waals surface area (Å²) in [5.41, 5.74) is 0. The molecule has 2 atom stereocenters. The van der Waals surface area contributed by atoms with E-state index in [1.165, 1.54) is 6.42 Å². The third kappa shape index (κ3) is 9.35. The van der Waals surface area contributed by atoms with E-state index in [9.17, 15) is 0 Å². The van der Waals surface area contributed by atoms with Crippen molar-refractivity contribution in [1.29, 1.82) is 0 Å². The molecule has 0 unspecified atom stereocenters. The van der Waals surface area contributed by atoms with E-state index < -0.39 is 0 Å². The van der Waals surface area contributed by atoms with E-state index in [1.807, 2.05) is 13.0 Å². The lowest BCUT2D eigenvalue weighted by Crippen LogP contribution is -2.04. The fourth-order valence-electron chi connectivity index (χ4n) is 1.33. The number of rotatable bonds is 7. The quantitative estimate of drug-likeness (QED) is 0.473. The summed E-state index contributed by atoms with van der Waals surface area (Å²) in [6, 6.07) is 0. The predicted molar refractivity (Wildman–Crippen MR) is 58.6 cm³/mol. The smallest absolute Gasteiger partial charge is 0.0517 e. The van der Waals surface area contributed by atoms with Crippen molar-refractivity contribution >= 4 is 0 Å². The molecule has 0 aromatic rings. The molecule has 0 heterocycles. The van der Waals surface area contributed by atoms with Gasteiger partial charge in [-0.15, -0.1) is 6.58 Å². The number of allylic oxidation sites excluding steroid dienone is 3. The second-order valence-electron chi connectivity index (χ2n) is 3.71. The van der Waals surface area contributed by atoms with Crippen LogP contribution >= 0.6 is 0 Å². The molecule has 0 fully saturated rings. The molecule has 0 aromatic carbocycles. The van der Waals surface area contributed by atoms with Gasteiger partial charge < -0.3 is 5.11 Å². The second kappa shape index (κ2) is 8.06. The highest BCUT2D eigenvalue weighted by atomic mass is 16.3. The molecule has 0 saturated heterocycles. The Morgan fingerprint density at radius 3 is 2.54 bits per heavy atom. The van der Waals surface area contributed by atoms with E-state index in [-0.39, 0.29) is 6.10 Å². The molecule has 13 heavy (non-hydrogen) atoms. The predicted octanol–water partition coefficient (Wildman–Crippen LogP) is 3.31. The van der Waals surface area contributed by atoms with E-state index in [4.69, 9.17) is 5.11 Å². The second-order valence-corrected chi connectivity index (χ2v) is 3.71. The summed E-state index contributed by atoms with van der Waals surface area (Å²) in [6.07, 6.45) is 10.4. The van der Waals surface area contributed by atoms with Crippen molar-refractivity contribution in [3.63, 3.8) is 0 Å². The van der Waals surface area contributed by atoms with Gasteiger partial charge in [0, 0.05) is 0 Å². The third-order valence-corrected chi connectivity index (χ3v) is 1.96. The molecular formula is C12H22O. The van der Waals surface area contributed by atoms with Crippen molar-refractivity contribution in [3.8, 4) is 0 Å². The monoisotopic (exact) mass is 182 g/mol. The molecule has 0 aromatic heterocycles. The van der Waals surface area contributed by atoms with Crippen LogP contribution in [-0.4, -0.2) is 11.2 Å². The van der Waals surface area contributed by atoms with Crippen LogP contribution in [0.15, 0.2) is 24.8 Å². The topological polar surface area (TPSA) is 20.2 Å². The highest BCUT2D eigenvalue weighted by Gasteiger charge is 2.00. The third-order valence-electron chi connectivity index (χ3n) is 1.96. The molecule has 0 aliphatic carbocycles. The summed E-state index contributed by atoms with van der Waals surface area (Å²) < 4.78 is 0. The first-order valence-corrected chi connectivity index (χ1v) is 5.12. The van der Waals surface area contributed by atoms with Crippen LogP contribution in [0.2, 0.25) is 0 Å². The molecular weight excluding hydrogens is 160 g/mol. The number of hydrogen-bond donors (Lipinski definition) is 1. The van der Waals surface area contributed by atoms with E-state index >= 15 is 0 Å². The highest BCUT2D eigenvalue weighted by molar-refractivity contribution is 4.87. The zero-order chi connectivity index (χ0) is 10.1. The van der Waals surface area contributed by atoms with Crippen LogP contribution in [-0.2, 0) is 0 Å². The van der Waals surface area contributed by atoms with Gasteiger partial charge in [-0.05, 0) is 38.5 Å². The Hall–Kier alpha value is -0.560. The summed E-state index contributed by atoms with van der Waals surface area (Å²) in [4.78, 5) is 0. The Kier molecular flexibility index (Phi) is 7.71. The summed E-state index contributed by atoms with van der Waals surface area (Å²) >= 11 is 0. The maximum Gasteiger partial charge on any atom is 0.0517 e.